The van der Waals surface area contributed by atoms with Crippen LogP contribution >= 0.6 is 0 Å². The minimum atomic E-state index is -4.50. The molecular weight excluding hydrogens is 367 g/mol. The number of hydrogen-bond acceptors (Lipinski definition) is 3. The van der Waals surface area contributed by atoms with Crippen LogP contribution in [0.1, 0.15) is 27.0 Å². The van der Waals surface area contributed by atoms with Crippen molar-refractivity contribution in [2.24, 2.45) is 0 Å². The topological polar surface area (TPSA) is 45.2 Å². The van der Waals surface area contributed by atoms with Crippen molar-refractivity contribution >= 4 is 17.3 Å². The SMILES string of the molecule is O=C(Nc1cc(C(F)(F)F)ccc1N1Cc2ccccc2C1)c1ccncc1. The molecule has 4 nitrogen and oxygen atoms in total. The number of pyridine rings is 1. The van der Waals surface area contributed by atoms with Gasteiger partial charge in [0.1, 0.15) is 0 Å². The molecule has 1 aromatic heterocycles. The standard InChI is InChI=1S/C21H16F3N3O/c22-21(23,24)17-5-6-19(27-12-15-3-1-2-4-16(15)13-27)18(11-17)26-20(28)14-7-9-25-10-8-14/h1-11H,12-13H2,(H,26,28). The van der Waals surface area contributed by atoms with E-state index in [1.54, 1.807) is 0 Å². The van der Waals surface area contributed by atoms with E-state index in [0.717, 1.165) is 23.3 Å². The number of halogens is 3. The molecule has 1 amide bonds. The second-order valence-corrected chi connectivity index (χ2v) is 6.54. The van der Waals surface area contributed by atoms with Crippen molar-refractivity contribution < 1.29 is 18.0 Å². The summed E-state index contributed by atoms with van der Waals surface area (Å²) in [6.07, 6.45) is -1.58. The summed E-state index contributed by atoms with van der Waals surface area (Å²) in [5.74, 6) is -0.486. The summed E-state index contributed by atoms with van der Waals surface area (Å²) in [6.45, 7) is 1.14. The van der Waals surface area contributed by atoms with Crippen LogP contribution in [0.2, 0.25) is 0 Å². The quantitative estimate of drug-likeness (QED) is 0.702. The van der Waals surface area contributed by atoms with Crippen LogP contribution in [-0.2, 0) is 19.3 Å². The zero-order chi connectivity index (χ0) is 19.7. The molecule has 2 aromatic carbocycles. The molecule has 0 radical (unpaired) electrons. The number of alkyl halides is 3. The second kappa shape index (κ2) is 6.99. The number of carbonyl (C=O) groups is 1. The Kier molecular flexibility index (Phi) is 4.50. The van der Waals surface area contributed by atoms with Crippen molar-refractivity contribution in [3.05, 3.63) is 89.2 Å². The fourth-order valence-corrected chi connectivity index (χ4v) is 3.29. The molecule has 0 saturated carbocycles. The predicted molar refractivity (Wildman–Crippen MR) is 100.0 cm³/mol. The smallest absolute Gasteiger partial charge is 0.361 e. The number of carbonyl (C=O) groups excluding carboxylic acids is 1. The highest BCUT2D eigenvalue weighted by Crippen LogP contribution is 2.38. The molecule has 28 heavy (non-hydrogen) atoms. The van der Waals surface area contributed by atoms with Crippen LogP contribution in [0.3, 0.4) is 0 Å². The lowest BCUT2D eigenvalue weighted by atomic mass is 10.1. The van der Waals surface area contributed by atoms with Gasteiger partial charge in [-0.2, -0.15) is 13.2 Å². The van der Waals surface area contributed by atoms with Crippen LogP contribution in [0.15, 0.2) is 67.0 Å². The lowest BCUT2D eigenvalue weighted by Crippen LogP contribution is -2.20. The second-order valence-electron chi connectivity index (χ2n) is 6.54. The molecule has 0 saturated heterocycles. The van der Waals surface area contributed by atoms with Crippen LogP contribution < -0.4 is 10.2 Å². The number of anilines is 2. The molecule has 7 heteroatoms. The maximum Gasteiger partial charge on any atom is 0.416 e. The largest absolute Gasteiger partial charge is 0.416 e. The molecule has 0 aliphatic carbocycles. The van der Waals surface area contributed by atoms with E-state index in [0.29, 0.717) is 24.3 Å². The van der Waals surface area contributed by atoms with Gasteiger partial charge >= 0.3 is 6.18 Å². The average molecular weight is 383 g/mol. The molecule has 0 spiro atoms. The zero-order valence-corrected chi connectivity index (χ0v) is 14.7. The Labute approximate surface area is 159 Å². The highest BCUT2D eigenvalue weighted by molar-refractivity contribution is 6.06. The average Bonchev–Trinajstić information content (AvgIpc) is 3.12. The van der Waals surface area contributed by atoms with Crippen molar-refractivity contribution in [1.82, 2.24) is 4.98 Å². The fourth-order valence-electron chi connectivity index (χ4n) is 3.29. The first-order valence-corrected chi connectivity index (χ1v) is 8.66. The summed E-state index contributed by atoms with van der Waals surface area (Å²) in [5, 5.41) is 2.63. The Bertz CT molecular complexity index is 994. The van der Waals surface area contributed by atoms with Gasteiger partial charge in [0.25, 0.3) is 5.91 Å². The first kappa shape index (κ1) is 18.0. The molecule has 1 aliphatic heterocycles. The van der Waals surface area contributed by atoms with Crippen molar-refractivity contribution in [2.45, 2.75) is 19.3 Å². The van der Waals surface area contributed by atoms with Gasteiger partial charge in [-0.15, -0.1) is 0 Å². The molecule has 1 N–H and O–H groups in total. The van der Waals surface area contributed by atoms with Crippen LogP contribution in [0.5, 0.6) is 0 Å². The summed E-state index contributed by atoms with van der Waals surface area (Å²) in [7, 11) is 0. The molecule has 0 bridgehead atoms. The van der Waals surface area contributed by atoms with E-state index in [1.807, 2.05) is 29.2 Å². The number of hydrogen-bond donors (Lipinski definition) is 1. The van der Waals surface area contributed by atoms with Crippen LogP contribution in [0.4, 0.5) is 24.5 Å². The molecule has 0 fully saturated rings. The zero-order valence-electron chi connectivity index (χ0n) is 14.7. The van der Waals surface area contributed by atoms with Gasteiger partial charge in [0.2, 0.25) is 0 Å². The Balaban J connectivity index is 1.69. The minimum Gasteiger partial charge on any atom is -0.361 e. The van der Waals surface area contributed by atoms with Crippen LogP contribution in [0, 0.1) is 0 Å². The molecular formula is C21H16F3N3O. The van der Waals surface area contributed by atoms with Crippen molar-refractivity contribution in [2.75, 3.05) is 10.2 Å². The van der Waals surface area contributed by atoms with E-state index < -0.39 is 17.6 Å². The predicted octanol–water partition coefficient (Wildman–Crippen LogP) is 4.87. The maximum absolute atomic E-state index is 13.2. The fraction of sp³-hybridized carbons (Fsp3) is 0.143. The van der Waals surface area contributed by atoms with E-state index in [-0.39, 0.29) is 5.69 Å². The summed E-state index contributed by atoms with van der Waals surface area (Å²) >= 11 is 0. The molecule has 3 aromatic rings. The van der Waals surface area contributed by atoms with Gasteiger partial charge < -0.3 is 10.2 Å². The van der Waals surface area contributed by atoms with Crippen molar-refractivity contribution in [3.8, 4) is 0 Å². The number of nitrogens with one attached hydrogen (secondary N) is 1. The van der Waals surface area contributed by atoms with Gasteiger partial charge in [-0.25, -0.2) is 0 Å². The highest BCUT2D eigenvalue weighted by Gasteiger charge is 2.32. The van der Waals surface area contributed by atoms with Gasteiger partial charge in [0, 0.05) is 31.0 Å². The molecule has 0 atom stereocenters. The molecule has 0 unspecified atom stereocenters. The monoisotopic (exact) mass is 383 g/mol. The molecule has 1 aliphatic rings. The van der Waals surface area contributed by atoms with E-state index in [4.69, 9.17) is 0 Å². The molecule has 142 valence electrons. The summed E-state index contributed by atoms with van der Waals surface area (Å²) in [5.41, 5.74) is 2.43. The number of rotatable bonds is 3. The first-order valence-electron chi connectivity index (χ1n) is 8.66. The lowest BCUT2D eigenvalue weighted by molar-refractivity contribution is -0.137. The lowest BCUT2D eigenvalue weighted by Gasteiger charge is -2.23. The number of fused-ring (bicyclic) bond motifs is 1. The minimum absolute atomic E-state index is 0.129. The maximum atomic E-state index is 13.2. The van der Waals surface area contributed by atoms with Crippen molar-refractivity contribution in [3.63, 3.8) is 0 Å². The molecule has 2 heterocycles. The van der Waals surface area contributed by atoms with Crippen LogP contribution in [0.25, 0.3) is 0 Å². The third kappa shape index (κ3) is 3.55. The Morgan fingerprint density at radius 1 is 0.964 bits per heavy atom. The van der Waals surface area contributed by atoms with Gasteiger partial charge in [-0.05, 0) is 41.5 Å². The van der Waals surface area contributed by atoms with Gasteiger partial charge in [-0.3, -0.25) is 9.78 Å². The summed E-state index contributed by atoms with van der Waals surface area (Å²) in [6, 6.07) is 14.3. The third-order valence-corrected chi connectivity index (χ3v) is 4.70. The Morgan fingerprint density at radius 2 is 1.61 bits per heavy atom. The Hall–Kier alpha value is -3.35. The van der Waals surface area contributed by atoms with Crippen LogP contribution in [-0.4, -0.2) is 10.9 Å². The number of nitrogens with zero attached hydrogens (tertiary/aromatic N) is 2. The van der Waals surface area contributed by atoms with E-state index in [1.165, 1.54) is 30.6 Å². The Morgan fingerprint density at radius 3 is 2.21 bits per heavy atom. The van der Waals surface area contributed by atoms with Crippen molar-refractivity contribution in [1.29, 1.82) is 0 Å². The normalized spacial score (nSPS) is 13.3. The third-order valence-electron chi connectivity index (χ3n) is 4.70. The van der Waals surface area contributed by atoms with Gasteiger partial charge in [-0.1, -0.05) is 24.3 Å². The number of benzene rings is 2. The summed E-state index contributed by atoms with van der Waals surface area (Å²) in [4.78, 5) is 18.3. The van der Waals surface area contributed by atoms with E-state index in [9.17, 15) is 18.0 Å². The number of amides is 1. The highest BCUT2D eigenvalue weighted by atomic mass is 19.4. The van der Waals surface area contributed by atoms with E-state index >= 15 is 0 Å². The van der Waals surface area contributed by atoms with Gasteiger partial charge in [0.15, 0.2) is 0 Å². The summed E-state index contributed by atoms with van der Waals surface area (Å²) < 4.78 is 39.7. The first-order chi connectivity index (χ1) is 13.4. The van der Waals surface area contributed by atoms with E-state index in [2.05, 4.69) is 10.3 Å². The molecule has 4 rings (SSSR count). The van der Waals surface area contributed by atoms with Gasteiger partial charge in [0.05, 0.1) is 16.9 Å². The number of aromatic nitrogens is 1.